The van der Waals surface area contributed by atoms with Gasteiger partial charge in [-0.05, 0) is 49.2 Å². The fraction of sp³-hybridized carbons (Fsp3) is 0.217. The Hall–Kier alpha value is -3.52. The Morgan fingerprint density at radius 3 is 2.74 bits per heavy atom. The van der Waals surface area contributed by atoms with Gasteiger partial charge >= 0.3 is 5.97 Å². The number of benzene rings is 2. The van der Waals surface area contributed by atoms with Crippen molar-refractivity contribution in [2.45, 2.75) is 26.4 Å². The first-order valence-electron chi connectivity index (χ1n) is 9.75. The molecule has 0 atom stereocenters. The molecule has 1 amide bonds. The monoisotopic (exact) mass is 436 g/mol. The van der Waals surface area contributed by atoms with Crippen molar-refractivity contribution in [3.63, 3.8) is 0 Å². The molecule has 0 spiro atoms. The van der Waals surface area contributed by atoms with Gasteiger partial charge in [-0.1, -0.05) is 17.7 Å². The number of ketones is 1. The van der Waals surface area contributed by atoms with Crippen molar-refractivity contribution in [1.82, 2.24) is 4.98 Å². The third kappa shape index (κ3) is 5.16. The molecule has 1 aliphatic rings. The zero-order valence-electron chi connectivity index (χ0n) is 16.8. The molecule has 8 heteroatoms. The van der Waals surface area contributed by atoms with E-state index in [2.05, 4.69) is 10.3 Å². The van der Waals surface area contributed by atoms with Crippen LogP contribution >= 0.6 is 11.3 Å². The molecule has 0 fully saturated rings. The van der Waals surface area contributed by atoms with Gasteiger partial charge in [0, 0.05) is 23.1 Å². The van der Waals surface area contributed by atoms with Crippen LogP contribution in [0.5, 0.6) is 5.75 Å². The van der Waals surface area contributed by atoms with Crippen molar-refractivity contribution in [2.75, 3.05) is 11.9 Å². The maximum absolute atomic E-state index is 12.4. The Labute approximate surface area is 183 Å². The third-order valence-electron chi connectivity index (χ3n) is 4.80. The van der Waals surface area contributed by atoms with E-state index in [4.69, 9.17) is 9.47 Å². The van der Waals surface area contributed by atoms with Gasteiger partial charge in [-0.25, -0.2) is 9.78 Å². The highest BCUT2D eigenvalue weighted by Gasteiger charge is 2.19. The summed E-state index contributed by atoms with van der Waals surface area (Å²) in [4.78, 5) is 40.3. The van der Waals surface area contributed by atoms with E-state index in [0.717, 1.165) is 16.9 Å². The molecule has 0 aliphatic carbocycles. The summed E-state index contributed by atoms with van der Waals surface area (Å²) in [5.41, 5.74) is 3.34. The van der Waals surface area contributed by atoms with Crippen molar-refractivity contribution in [3.05, 3.63) is 75.2 Å². The first kappa shape index (κ1) is 20.7. The van der Waals surface area contributed by atoms with Crippen LogP contribution in [0.15, 0.2) is 47.8 Å². The molecule has 3 aromatic rings. The van der Waals surface area contributed by atoms with E-state index in [-0.39, 0.29) is 30.6 Å². The fourth-order valence-electron chi connectivity index (χ4n) is 3.10. The lowest BCUT2D eigenvalue weighted by Gasteiger charge is -2.17. The van der Waals surface area contributed by atoms with Crippen molar-refractivity contribution in [2.24, 2.45) is 0 Å². The topological polar surface area (TPSA) is 94.6 Å². The Kier molecular flexibility index (Phi) is 6.08. The number of anilines is 1. The number of amides is 1. The summed E-state index contributed by atoms with van der Waals surface area (Å²) in [6.45, 7) is 1.86. The molecule has 0 radical (unpaired) electrons. The first-order chi connectivity index (χ1) is 15.0. The molecule has 0 unspecified atom stereocenters. The number of Topliss-reactive ketones (excluding diaryl/α,β-unsaturated/α-hetero) is 1. The molecular weight excluding hydrogens is 416 g/mol. The van der Waals surface area contributed by atoms with Gasteiger partial charge in [-0.3, -0.25) is 9.59 Å². The SMILES string of the molecule is Cc1ccc(OCc2nc(C(=O)OCC(=O)c3ccc4c(c3)CCC(=O)N4)cs2)cc1. The number of nitrogens with one attached hydrogen (secondary N) is 1. The second kappa shape index (κ2) is 9.09. The van der Waals surface area contributed by atoms with E-state index in [9.17, 15) is 14.4 Å². The number of aryl methyl sites for hydroxylation is 2. The number of esters is 1. The molecule has 1 aliphatic heterocycles. The molecule has 0 bridgehead atoms. The van der Waals surface area contributed by atoms with Crippen LogP contribution in [0.4, 0.5) is 5.69 Å². The normalized spacial score (nSPS) is 12.6. The molecule has 2 aromatic carbocycles. The minimum Gasteiger partial charge on any atom is -0.486 e. The molecule has 158 valence electrons. The molecule has 1 N–H and O–H groups in total. The molecule has 4 rings (SSSR count). The van der Waals surface area contributed by atoms with E-state index < -0.39 is 5.97 Å². The van der Waals surface area contributed by atoms with E-state index >= 15 is 0 Å². The summed E-state index contributed by atoms with van der Waals surface area (Å²) in [5.74, 6) is -0.282. The number of nitrogens with zero attached hydrogens (tertiary/aromatic N) is 1. The lowest BCUT2D eigenvalue weighted by molar-refractivity contribution is -0.116. The predicted octanol–water partition coefficient (Wildman–Crippen LogP) is 3.95. The number of hydrogen-bond donors (Lipinski definition) is 1. The zero-order valence-corrected chi connectivity index (χ0v) is 17.7. The lowest BCUT2D eigenvalue weighted by atomic mass is 9.99. The Bertz CT molecular complexity index is 1140. The van der Waals surface area contributed by atoms with Gasteiger partial charge in [-0.15, -0.1) is 11.3 Å². The van der Waals surface area contributed by atoms with Crippen LogP contribution < -0.4 is 10.1 Å². The summed E-state index contributed by atoms with van der Waals surface area (Å²) < 4.78 is 10.8. The molecule has 7 nitrogen and oxygen atoms in total. The van der Waals surface area contributed by atoms with Crippen LogP contribution in [0.2, 0.25) is 0 Å². The lowest BCUT2D eigenvalue weighted by Crippen LogP contribution is -2.20. The summed E-state index contributed by atoms with van der Waals surface area (Å²) in [6, 6.07) is 12.7. The van der Waals surface area contributed by atoms with Gasteiger partial charge in [0.25, 0.3) is 0 Å². The predicted molar refractivity (Wildman–Crippen MR) is 116 cm³/mol. The van der Waals surface area contributed by atoms with Gasteiger partial charge in [-0.2, -0.15) is 0 Å². The molecule has 0 saturated carbocycles. The van der Waals surface area contributed by atoms with Crippen molar-refractivity contribution >= 4 is 34.7 Å². The zero-order chi connectivity index (χ0) is 21.8. The van der Waals surface area contributed by atoms with Crippen LogP contribution in [-0.4, -0.2) is 29.3 Å². The van der Waals surface area contributed by atoms with Gasteiger partial charge in [0.05, 0.1) is 0 Å². The van der Waals surface area contributed by atoms with Crippen molar-refractivity contribution in [3.8, 4) is 5.75 Å². The van der Waals surface area contributed by atoms with Gasteiger partial charge in [0.1, 0.15) is 17.4 Å². The maximum Gasteiger partial charge on any atom is 0.358 e. The van der Waals surface area contributed by atoms with Crippen molar-refractivity contribution in [1.29, 1.82) is 0 Å². The van der Waals surface area contributed by atoms with Crippen LogP contribution in [0, 0.1) is 6.92 Å². The van der Waals surface area contributed by atoms with E-state index in [1.165, 1.54) is 11.3 Å². The van der Waals surface area contributed by atoms with E-state index in [1.54, 1.807) is 23.6 Å². The number of aromatic nitrogens is 1. The second-order valence-electron chi connectivity index (χ2n) is 7.15. The number of hydrogen-bond acceptors (Lipinski definition) is 7. The maximum atomic E-state index is 12.4. The molecule has 0 saturated heterocycles. The third-order valence-corrected chi connectivity index (χ3v) is 5.62. The minimum atomic E-state index is -0.656. The number of rotatable bonds is 7. The highest BCUT2D eigenvalue weighted by Crippen LogP contribution is 2.24. The summed E-state index contributed by atoms with van der Waals surface area (Å²) in [5, 5.41) is 4.99. The number of carbonyl (C=O) groups is 3. The quantitative estimate of drug-likeness (QED) is 0.445. The number of thiazole rings is 1. The largest absolute Gasteiger partial charge is 0.486 e. The number of fused-ring (bicyclic) bond motifs is 1. The smallest absolute Gasteiger partial charge is 0.358 e. The Morgan fingerprint density at radius 2 is 1.94 bits per heavy atom. The summed E-state index contributed by atoms with van der Waals surface area (Å²) in [7, 11) is 0. The summed E-state index contributed by atoms with van der Waals surface area (Å²) in [6.07, 6.45) is 0.966. The second-order valence-corrected chi connectivity index (χ2v) is 8.09. The highest BCUT2D eigenvalue weighted by molar-refractivity contribution is 7.09. The molecular formula is C23H20N2O5S. The summed E-state index contributed by atoms with van der Waals surface area (Å²) >= 11 is 1.29. The minimum absolute atomic E-state index is 0.0348. The molecule has 31 heavy (non-hydrogen) atoms. The van der Waals surface area contributed by atoms with Crippen LogP contribution in [0.25, 0.3) is 0 Å². The Balaban J connectivity index is 1.30. The highest BCUT2D eigenvalue weighted by atomic mass is 32.1. The number of carbonyl (C=O) groups excluding carboxylic acids is 3. The average Bonchev–Trinajstić information content (AvgIpc) is 3.25. The molecule has 1 aromatic heterocycles. The Morgan fingerprint density at radius 1 is 1.13 bits per heavy atom. The van der Waals surface area contributed by atoms with Gasteiger partial charge in [0.2, 0.25) is 5.91 Å². The van der Waals surface area contributed by atoms with Crippen molar-refractivity contribution < 1.29 is 23.9 Å². The van der Waals surface area contributed by atoms with E-state index in [0.29, 0.717) is 29.1 Å². The first-order valence-corrected chi connectivity index (χ1v) is 10.6. The van der Waals surface area contributed by atoms with E-state index in [1.807, 2.05) is 31.2 Å². The molecule has 2 heterocycles. The van der Waals surface area contributed by atoms with Crippen LogP contribution in [-0.2, 0) is 22.6 Å². The fourth-order valence-corrected chi connectivity index (χ4v) is 3.77. The van der Waals surface area contributed by atoms with Gasteiger partial charge < -0.3 is 14.8 Å². The number of ether oxygens (including phenoxy) is 2. The van der Waals surface area contributed by atoms with Crippen LogP contribution in [0.3, 0.4) is 0 Å². The average molecular weight is 436 g/mol. The standard InChI is InChI=1S/C23H20N2O5S/c1-14-2-6-17(7-3-14)29-12-22-25-19(13-31-22)23(28)30-11-20(26)16-4-8-18-15(10-16)5-9-21(27)24-18/h2-4,6-8,10,13H,5,9,11-12H2,1H3,(H,24,27). The van der Waals surface area contributed by atoms with Crippen LogP contribution in [0.1, 0.15) is 43.4 Å². The van der Waals surface area contributed by atoms with Gasteiger partial charge in [0.15, 0.2) is 18.1 Å².